The van der Waals surface area contributed by atoms with Crippen molar-refractivity contribution in [2.24, 2.45) is 0 Å². The largest absolute Gasteiger partial charge is 0.396 e. The van der Waals surface area contributed by atoms with Crippen LogP contribution in [-0.2, 0) is 0 Å². The number of hydrogen-bond donors (Lipinski definition) is 2. The first-order valence-electron chi connectivity index (χ1n) is 5.83. The van der Waals surface area contributed by atoms with Gasteiger partial charge in [0, 0.05) is 12.6 Å². The summed E-state index contributed by atoms with van der Waals surface area (Å²) in [6.07, 6.45) is 2.97. The predicted octanol–water partition coefficient (Wildman–Crippen LogP) is 2.64. The Morgan fingerprint density at radius 1 is 1.19 bits per heavy atom. The van der Waals surface area contributed by atoms with E-state index >= 15 is 0 Å². The molecule has 0 aliphatic carbocycles. The van der Waals surface area contributed by atoms with Crippen molar-refractivity contribution >= 4 is 0 Å². The monoisotopic (exact) mass is 225 g/mol. The fourth-order valence-electron chi connectivity index (χ4n) is 1.60. The molecule has 0 bridgehead atoms. The number of aliphatic hydroxyl groups is 1. The maximum Gasteiger partial charge on any atom is 0.123 e. The van der Waals surface area contributed by atoms with Gasteiger partial charge >= 0.3 is 0 Å². The molecule has 1 rings (SSSR count). The Labute approximate surface area is 96.5 Å². The molecule has 90 valence electrons. The molecule has 0 spiro atoms. The Balaban J connectivity index is 2.24. The standard InChI is InChI=1S/C13H20FNO/c1-11(15-9-3-2-4-10-16)12-5-7-13(14)8-6-12/h5-8,11,15-16H,2-4,9-10H2,1H3/t11-/m1/s1. The molecule has 3 heteroatoms. The number of hydrogen-bond acceptors (Lipinski definition) is 2. The highest BCUT2D eigenvalue weighted by Gasteiger charge is 2.03. The summed E-state index contributed by atoms with van der Waals surface area (Å²) < 4.78 is 12.7. The van der Waals surface area contributed by atoms with Crippen molar-refractivity contribution in [3.8, 4) is 0 Å². The van der Waals surface area contributed by atoms with Gasteiger partial charge in [-0.15, -0.1) is 0 Å². The van der Waals surface area contributed by atoms with Crippen molar-refractivity contribution in [1.82, 2.24) is 5.32 Å². The summed E-state index contributed by atoms with van der Waals surface area (Å²) in [6, 6.07) is 6.83. The fraction of sp³-hybridized carbons (Fsp3) is 0.538. The second-order valence-corrected chi connectivity index (χ2v) is 4.01. The van der Waals surface area contributed by atoms with Crippen LogP contribution in [0, 0.1) is 5.82 Å². The number of nitrogens with one attached hydrogen (secondary N) is 1. The number of benzene rings is 1. The molecule has 0 aliphatic heterocycles. The van der Waals surface area contributed by atoms with Crippen LogP contribution in [0.4, 0.5) is 4.39 Å². The Bertz CT molecular complexity index is 286. The second-order valence-electron chi connectivity index (χ2n) is 4.01. The van der Waals surface area contributed by atoms with Gasteiger partial charge in [0.1, 0.15) is 5.82 Å². The molecule has 2 N–H and O–H groups in total. The van der Waals surface area contributed by atoms with Crippen LogP contribution >= 0.6 is 0 Å². The van der Waals surface area contributed by atoms with Crippen molar-refractivity contribution in [2.45, 2.75) is 32.2 Å². The molecular weight excluding hydrogens is 205 g/mol. The average Bonchev–Trinajstić information content (AvgIpc) is 2.29. The first-order valence-corrected chi connectivity index (χ1v) is 5.83. The Hall–Kier alpha value is -0.930. The second kappa shape index (κ2) is 7.36. The lowest BCUT2D eigenvalue weighted by Crippen LogP contribution is -2.19. The van der Waals surface area contributed by atoms with E-state index in [1.807, 2.05) is 0 Å². The predicted molar refractivity (Wildman–Crippen MR) is 63.8 cm³/mol. The number of unbranched alkanes of at least 4 members (excludes halogenated alkanes) is 2. The molecule has 1 aromatic carbocycles. The van der Waals surface area contributed by atoms with Crippen molar-refractivity contribution in [3.63, 3.8) is 0 Å². The molecule has 0 amide bonds. The minimum Gasteiger partial charge on any atom is -0.396 e. The van der Waals surface area contributed by atoms with E-state index in [-0.39, 0.29) is 18.5 Å². The summed E-state index contributed by atoms with van der Waals surface area (Å²) in [6.45, 7) is 3.27. The van der Waals surface area contributed by atoms with Gasteiger partial charge in [-0.05, 0) is 50.4 Å². The summed E-state index contributed by atoms with van der Waals surface area (Å²) in [5.74, 6) is -0.195. The van der Waals surface area contributed by atoms with E-state index in [9.17, 15) is 4.39 Å². The summed E-state index contributed by atoms with van der Waals surface area (Å²) in [5, 5.41) is 12.0. The van der Waals surface area contributed by atoms with E-state index in [0.29, 0.717) is 0 Å². The molecule has 0 aliphatic rings. The lowest BCUT2D eigenvalue weighted by molar-refractivity contribution is 0.282. The van der Waals surface area contributed by atoms with Crippen molar-refractivity contribution < 1.29 is 9.50 Å². The highest BCUT2D eigenvalue weighted by atomic mass is 19.1. The lowest BCUT2D eigenvalue weighted by Gasteiger charge is -2.13. The molecule has 0 saturated carbocycles. The zero-order valence-electron chi connectivity index (χ0n) is 9.75. The van der Waals surface area contributed by atoms with E-state index < -0.39 is 0 Å². The van der Waals surface area contributed by atoms with Gasteiger partial charge in [0.15, 0.2) is 0 Å². The van der Waals surface area contributed by atoms with E-state index in [4.69, 9.17) is 5.11 Å². The van der Waals surface area contributed by atoms with Crippen LogP contribution in [-0.4, -0.2) is 18.3 Å². The van der Waals surface area contributed by atoms with Gasteiger partial charge in [-0.1, -0.05) is 12.1 Å². The number of rotatable bonds is 7. The van der Waals surface area contributed by atoms with Gasteiger partial charge in [0.25, 0.3) is 0 Å². The summed E-state index contributed by atoms with van der Waals surface area (Å²) >= 11 is 0. The van der Waals surface area contributed by atoms with E-state index in [2.05, 4.69) is 12.2 Å². The van der Waals surface area contributed by atoms with Crippen molar-refractivity contribution in [1.29, 1.82) is 0 Å². The molecule has 0 aromatic heterocycles. The normalized spacial score (nSPS) is 12.7. The first kappa shape index (κ1) is 13.1. The topological polar surface area (TPSA) is 32.3 Å². The van der Waals surface area contributed by atoms with E-state index in [1.165, 1.54) is 12.1 Å². The molecule has 16 heavy (non-hydrogen) atoms. The fourth-order valence-corrected chi connectivity index (χ4v) is 1.60. The Morgan fingerprint density at radius 2 is 1.88 bits per heavy atom. The average molecular weight is 225 g/mol. The van der Waals surface area contributed by atoms with E-state index in [0.717, 1.165) is 31.4 Å². The quantitative estimate of drug-likeness (QED) is 0.699. The third-order valence-electron chi connectivity index (χ3n) is 2.66. The van der Waals surface area contributed by atoms with Crippen LogP contribution in [0.2, 0.25) is 0 Å². The smallest absolute Gasteiger partial charge is 0.123 e. The van der Waals surface area contributed by atoms with Gasteiger partial charge in [0.2, 0.25) is 0 Å². The SMILES string of the molecule is C[C@@H](NCCCCCO)c1ccc(F)cc1. The van der Waals surface area contributed by atoms with E-state index in [1.54, 1.807) is 12.1 Å². The molecule has 1 aromatic rings. The Kier molecular flexibility index (Phi) is 6.04. The molecular formula is C13H20FNO. The number of halogens is 1. The highest BCUT2D eigenvalue weighted by molar-refractivity contribution is 5.19. The number of aliphatic hydroxyl groups excluding tert-OH is 1. The van der Waals surface area contributed by atoms with Gasteiger partial charge in [0.05, 0.1) is 0 Å². The van der Waals surface area contributed by atoms with Crippen molar-refractivity contribution in [2.75, 3.05) is 13.2 Å². The van der Waals surface area contributed by atoms with Crippen LogP contribution in [0.25, 0.3) is 0 Å². The zero-order valence-corrected chi connectivity index (χ0v) is 9.75. The van der Waals surface area contributed by atoms with Gasteiger partial charge in [-0.25, -0.2) is 4.39 Å². The molecule has 1 atom stereocenters. The maximum absolute atomic E-state index is 12.7. The minimum atomic E-state index is -0.195. The van der Waals surface area contributed by atoms with Gasteiger partial charge in [-0.2, -0.15) is 0 Å². The first-order chi connectivity index (χ1) is 7.74. The third kappa shape index (κ3) is 4.73. The summed E-state index contributed by atoms with van der Waals surface area (Å²) in [4.78, 5) is 0. The maximum atomic E-state index is 12.7. The highest BCUT2D eigenvalue weighted by Crippen LogP contribution is 2.12. The summed E-state index contributed by atoms with van der Waals surface area (Å²) in [7, 11) is 0. The molecule has 0 saturated heterocycles. The van der Waals surface area contributed by atoms with Crippen LogP contribution in [0.15, 0.2) is 24.3 Å². The third-order valence-corrected chi connectivity index (χ3v) is 2.66. The molecule has 0 radical (unpaired) electrons. The van der Waals surface area contributed by atoms with Gasteiger partial charge in [-0.3, -0.25) is 0 Å². The molecule has 2 nitrogen and oxygen atoms in total. The molecule has 0 heterocycles. The van der Waals surface area contributed by atoms with Crippen molar-refractivity contribution in [3.05, 3.63) is 35.6 Å². The minimum absolute atomic E-state index is 0.195. The Morgan fingerprint density at radius 3 is 2.50 bits per heavy atom. The van der Waals surface area contributed by atoms with Crippen LogP contribution < -0.4 is 5.32 Å². The summed E-state index contributed by atoms with van der Waals surface area (Å²) in [5.41, 5.74) is 1.10. The molecule has 0 fully saturated rings. The van der Waals surface area contributed by atoms with Crippen LogP contribution in [0.1, 0.15) is 37.8 Å². The van der Waals surface area contributed by atoms with Crippen LogP contribution in [0.5, 0.6) is 0 Å². The zero-order chi connectivity index (χ0) is 11.8. The molecule has 0 unspecified atom stereocenters. The van der Waals surface area contributed by atoms with Gasteiger partial charge < -0.3 is 10.4 Å². The lowest BCUT2D eigenvalue weighted by atomic mass is 10.1. The van der Waals surface area contributed by atoms with Crippen LogP contribution in [0.3, 0.4) is 0 Å².